The van der Waals surface area contributed by atoms with E-state index >= 15 is 0 Å². The Morgan fingerprint density at radius 1 is 1.11 bits per heavy atom. The average Bonchev–Trinajstić information content (AvgIpc) is 2.72. The first-order valence-corrected chi connectivity index (χ1v) is 9.45. The summed E-state index contributed by atoms with van der Waals surface area (Å²) in [5.41, 5.74) is 0.342. The van der Waals surface area contributed by atoms with Crippen molar-refractivity contribution in [2.45, 2.75) is 43.4 Å². The molecule has 1 aromatic rings. The van der Waals surface area contributed by atoms with Crippen LogP contribution in [0.15, 0.2) is 29.2 Å². The van der Waals surface area contributed by atoms with Crippen LogP contribution in [0.1, 0.15) is 38.5 Å². The lowest BCUT2D eigenvalue weighted by atomic mass is 9.83. The number of rotatable bonds is 5. The van der Waals surface area contributed by atoms with Gasteiger partial charge in [-0.15, -0.1) is 11.8 Å². The molecule has 0 radical (unpaired) electrons. The van der Waals surface area contributed by atoms with E-state index < -0.39 is 0 Å². The van der Waals surface area contributed by atoms with Gasteiger partial charge in [-0.25, -0.2) is 0 Å². The molecule has 0 bridgehead atoms. The standard InChI is InChI=1S/C16H23BrOS/c1-19-15-8-6-14(7-9-15)18-13-16(12-17)10-4-2-3-5-11-16/h6-9H,2-5,10-13H2,1H3. The molecule has 106 valence electrons. The molecule has 0 saturated heterocycles. The van der Waals surface area contributed by atoms with Crippen molar-refractivity contribution in [1.82, 2.24) is 0 Å². The molecule has 1 fully saturated rings. The Hall–Kier alpha value is -0.150. The quantitative estimate of drug-likeness (QED) is 0.395. The van der Waals surface area contributed by atoms with Crippen molar-refractivity contribution in [3.8, 4) is 5.75 Å². The summed E-state index contributed by atoms with van der Waals surface area (Å²) in [6, 6.07) is 8.44. The SMILES string of the molecule is CSc1ccc(OCC2(CBr)CCCCCC2)cc1. The van der Waals surface area contributed by atoms with E-state index in [9.17, 15) is 0 Å². The largest absolute Gasteiger partial charge is 0.493 e. The Morgan fingerprint density at radius 3 is 2.26 bits per heavy atom. The first kappa shape index (κ1) is 15.2. The van der Waals surface area contributed by atoms with Crippen molar-refractivity contribution in [3.63, 3.8) is 0 Å². The minimum Gasteiger partial charge on any atom is -0.493 e. The summed E-state index contributed by atoms with van der Waals surface area (Å²) >= 11 is 5.48. The van der Waals surface area contributed by atoms with Gasteiger partial charge in [0.25, 0.3) is 0 Å². The smallest absolute Gasteiger partial charge is 0.119 e. The molecule has 0 atom stereocenters. The van der Waals surface area contributed by atoms with Crippen LogP contribution in [0, 0.1) is 5.41 Å². The van der Waals surface area contributed by atoms with Gasteiger partial charge in [0.1, 0.15) is 5.75 Å². The predicted molar refractivity (Wildman–Crippen MR) is 87.6 cm³/mol. The molecule has 1 aliphatic carbocycles. The highest BCUT2D eigenvalue weighted by atomic mass is 79.9. The van der Waals surface area contributed by atoms with Gasteiger partial charge in [0.05, 0.1) is 6.61 Å². The van der Waals surface area contributed by atoms with Gasteiger partial charge in [-0.1, -0.05) is 41.6 Å². The molecule has 0 unspecified atom stereocenters. The second-order valence-corrected chi connectivity index (χ2v) is 6.95. The predicted octanol–water partition coefficient (Wildman–Crippen LogP) is 5.52. The van der Waals surface area contributed by atoms with Gasteiger partial charge in [0, 0.05) is 15.6 Å². The number of ether oxygens (including phenoxy) is 1. The molecule has 3 heteroatoms. The Kier molecular flexibility index (Phi) is 6.08. The highest BCUT2D eigenvalue weighted by Gasteiger charge is 2.30. The van der Waals surface area contributed by atoms with Crippen LogP contribution in [-0.4, -0.2) is 18.2 Å². The zero-order valence-electron chi connectivity index (χ0n) is 11.7. The molecule has 0 aliphatic heterocycles. The van der Waals surface area contributed by atoms with Crippen LogP contribution < -0.4 is 4.74 Å². The van der Waals surface area contributed by atoms with Crippen LogP contribution in [-0.2, 0) is 0 Å². The van der Waals surface area contributed by atoms with Gasteiger partial charge in [-0.2, -0.15) is 0 Å². The van der Waals surface area contributed by atoms with Crippen LogP contribution >= 0.6 is 27.7 Å². The molecule has 0 heterocycles. The van der Waals surface area contributed by atoms with E-state index in [1.807, 2.05) is 0 Å². The Bertz CT molecular complexity index is 369. The molecule has 1 aromatic carbocycles. The lowest BCUT2D eigenvalue weighted by molar-refractivity contribution is 0.149. The highest BCUT2D eigenvalue weighted by molar-refractivity contribution is 9.09. The number of hydrogen-bond donors (Lipinski definition) is 0. The fourth-order valence-corrected chi connectivity index (χ4v) is 3.83. The number of benzene rings is 1. The summed E-state index contributed by atoms with van der Waals surface area (Å²) in [6.45, 7) is 0.844. The van der Waals surface area contributed by atoms with Crippen molar-refractivity contribution >= 4 is 27.7 Å². The molecule has 1 saturated carbocycles. The van der Waals surface area contributed by atoms with E-state index in [4.69, 9.17) is 4.74 Å². The van der Waals surface area contributed by atoms with Gasteiger partial charge < -0.3 is 4.74 Å². The number of thioether (sulfide) groups is 1. The van der Waals surface area contributed by atoms with Gasteiger partial charge in [-0.05, 0) is 43.4 Å². The van der Waals surface area contributed by atoms with Gasteiger partial charge in [-0.3, -0.25) is 0 Å². The van der Waals surface area contributed by atoms with Crippen molar-refractivity contribution in [2.75, 3.05) is 18.2 Å². The fourth-order valence-electron chi connectivity index (χ4n) is 2.70. The summed E-state index contributed by atoms with van der Waals surface area (Å²) in [5.74, 6) is 1.00. The zero-order chi connectivity index (χ0) is 13.6. The first-order chi connectivity index (χ1) is 9.28. The third kappa shape index (κ3) is 4.42. The second kappa shape index (κ2) is 7.58. The maximum absolute atomic E-state index is 6.06. The molecule has 0 N–H and O–H groups in total. The minimum atomic E-state index is 0.342. The normalized spacial score (nSPS) is 18.8. The summed E-state index contributed by atoms with van der Waals surface area (Å²) in [4.78, 5) is 1.29. The van der Waals surface area contributed by atoms with Crippen molar-refractivity contribution in [1.29, 1.82) is 0 Å². The Balaban J connectivity index is 1.94. The molecule has 0 spiro atoms. The molecule has 19 heavy (non-hydrogen) atoms. The third-order valence-electron chi connectivity index (χ3n) is 4.05. The lowest BCUT2D eigenvalue weighted by Crippen LogP contribution is -2.29. The molecule has 1 nitrogen and oxygen atoms in total. The molecular formula is C16H23BrOS. The molecule has 0 amide bonds. The summed E-state index contributed by atoms with van der Waals surface area (Å²) in [6.07, 6.45) is 10.2. The maximum atomic E-state index is 6.06. The topological polar surface area (TPSA) is 9.23 Å². The van der Waals surface area contributed by atoms with E-state index in [0.29, 0.717) is 5.41 Å². The Morgan fingerprint density at radius 2 is 1.74 bits per heavy atom. The van der Waals surface area contributed by atoms with Crippen molar-refractivity contribution in [2.24, 2.45) is 5.41 Å². The molecule has 0 aromatic heterocycles. The summed E-state index contributed by atoms with van der Waals surface area (Å²) in [7, 11) is 0. The Labute approximate surface area is 129 Å². The first-order valence-electron chi connectivity index (χ1n) is 7.11. The average molecular weight is 343 g/mol. The van der Waals surface area contributed by atoms with E-state index in [1.165, 1.54) is 43.4 Å². The zero-order valence-corrected chi connectivity index (χ0v) is 14.1. The fraction of sp³-hybridized carbons (Fsp3) is 0.625. The van der Waals surface area contributed by atoms with Crippen LogP contribution in [0.3, 0.4) is 0 Å². The molecule has 1 aliphatic rings. The van der Waals surface area contributed by atoms with Crippen LogP contribution in [0.2, 0.25) is 0 Å². The second-order valence-electron chi connectivity index (χ2n) is 5.51. The van der Waals surface area contributed by atoms with Crippen LogP contribution in [0.4, 0.5) is 0 Å². The summed E-state index contributed by atoms with van der Waals surface area (Å²) in [5, 5.41) is 1.06. The molecular weight excluding hydrogens is 320 g/mol. The number of alkyl halides is 1. The molecule has 2 rings (SSSR count). The monoisotopic (exact) mass is 342 g/mol. The van der Waals surface area contributed by atoms with Crippen LogP contribution in [0.25, 0.3) is 0 Å². The number of halogens is 1. The highest BCUT2D eigenvalue weighted by Crippen LogP contribution is 2.37. The maximum Gasteiger partial charge on any atom is 0.119 e. The van der Waals surface area contributed by atoms with Crippen LogP contribution in [0.5, 0.6) is 5.75 Å². The number of hydrogen-bond acceptors (Lipinski definition) is 2. The van der Waals surface area contributed by atoms with E-state index in [0.717, 1.165) is 17.7 Å². The van der Waals surface area contributed by atoms with E-state index in [2.05, 4.69) is 46.5 Å². The van der Waals surface area contributed by atoms with Gasteiger partial charge in [0.15, 0.2) is 0 Å². The van der Waals surface area contributed by atoms with Gasteiger partial charge >= 0.3 is 0 Å². The lowest BCUT2D eigenvalue weighted by Gasteiger charge is -2.30. The minimum absolute atomic E-state index is 0.342. The van der Waals surface area contributed by atoms with E-state index in [-0.39, 0.29) is 0 Å². The van der Waals surface area contributed by atoms with Crippen molar-refractivity contribution < 1.29 is 4.74 Å². The third-order valence-corrected chi connectivity index (χ3v) is 5.99. The van der Waals surface area contributed by atoms with E-state index in [1.54, 1.807) is 11.8 Å². The van der Waals surface area contributed by atoms with Gasteiger partial charge in [0.2, 0.25) is 0 Å². The van der Waals surface area contributed by atoms with Crippen molar-refractivity contribution in [3.05, 3.63) is 24.3 Å². The summed E-state index contributed by atoms with van der Waals surface area (Å²) < 4.78 is 6.06.